The second-order valence-corrected chi connectivity index (χ2v) is 8.96. The molecule has 0 amide bonds. The molecule has 0 saturated carbocycles. The van der Waals surface area contributed by atoms with Gasteiger partial charge >= 0.3 is 0 Å². The Morgan fingerprint density at radius 1 is 1.09 bits per heavy atom. The molecule has 2 heterocycles. The Morgan fingerprint density at radius 3 is 2.47 bits per heavy atom. The van der Waals surface area contributed by atoms with E-state index >= 15 is 0 Å². The van der Waals surface area contributed by atoms with Gasteiger partial charge in [-0.1, -0.05) is 29.8 Å². The third-order valence-corrected chi connectivity index (χ3v) is 6.33. The van der Waals surface area contributed by atoms with E-state index in [-0.39, 0.29) is 6.10 Å². The number of benzene rings is 2. The minimum absolute atomic E-state index is 0.0882. The molecule has 5 atom stereocenters. The summed E-state index contributed by atoms with van der Waals surface area (Å²) in [5.41, 5.74) is 3.26. The molecule has 1 saturated heterocycles. The van der Waals surface area contributed by atoms with Crippen molar-refractivity contribution in [2.45, 2.75) is 63.3 Å². The van der Waals surface area contributed by atoms with Crippen molar-refractivity contribution in [2.24, 2.45) is 0 Å². The monoisotopic (exact) mass is 464 g/mol. The number of halogens is 1. The van der Waals surface area contributed by atoms with Crippen LogP contribution in [0.2, 0.25) is 5.02 Å². The number of hydrogen-bond donors (Lipinski definition) is 4. The molecule has 0 aliphatic carbocycles. The van der Waals surface area contributed by atoms with Crippen LogP contribution in [0.4, 0.5) is 0 Å². The van der Waals surface area contributed by atoms with E-state index in [1.165, 1.54) is 0 Å². The maximum atomic E-state index is 10.7. The normalized spacial score (nSPS) is 27.3. The first-order chi connectivity index (χ1) is 15.3. The van der Waals surface area contributed by atoms with Gasteiger partial charge in [0.15, 0.2) is 0 Å². The van der Waals surface area contributed by atoms with Crippen LogP contribution in [0.5, 0.6) is 11.5 Å². The van der Waals surface area contributed by atoms with Gasteiger partial charge in [-0.2, -0.15) is 0 Å². The van der Waals surface area contributed by atoms with Crippen molar-refractivity contribution in [3.05, 3.63) is 57.6 Å². The topological polar surface area (TPSA) is 109 Å². The van der Waals surface area contributed by atoms with Gasteiger partial charge in [-0.05, 0) is 49.1 Å². The lowest BCUT2D eigenvalue weighted by atomic mass is 9.87. The maximum absolute atomic E-state index is 10.7. The predicted molar refractivity (Wildman–Crippen MR) is 118 cm³/mol. The van der Waals surface area contributed by atoms with Crippen LogP contribution in [0.1, 0.15) is 42.2 Å². The predicted octanol–water partition coefficient (Wildman–Crippen LogP) is 2.17. The molecule has 32 heavy (non-hydrogen) atoms. The number of ether oxygens (including phenoxy) is 3. The van der Waals surface area contributed by atoms with Crippen LogP contribution in [0, 0.1) is 0 Å². The second kappa shape index (κ2) is 9.55. The third-order valence-electron chi connectivity index (χ3n) is 5.92. The smallest absolute Gasteiger partial charge is 0.141 e. The molecule has 0 aromatic heterocycles. The summed E-state index contributed by atoms with van der Waals surface area (Å²) in [6.45, 7) is 3.91. The average Bonchev–Trinajstić information content (AvgIpc) is 3.26. The molecule has 2 aliphatic rings. The van der Waals surface area contributed by atoms with Crippen molar-refractivity contribution in [1.29, 1.82) is 0 Å². The highest BCUT2D eigenvalue weighted by molar-refractivity contribution is 6.33. The zero-order chi connectivity index (χ0) is 23.0. The largest absolute Gasteiger partial charge is 0.491 e. The molecule has 4 rings (SSSR count). The van der Waals surface area contributed by atoms with Crippen LogP contribution in [-0.4, -0.2) is 64.2 Å². The lowest BCUT2D eigenvalue weighted by Crippen LogP contribution is -2.55. The zero-order valence-corrected chi connectivity index (χ0v) is 18.8. The van der Waals surface area contributed by atoms with Crippen molar-refractivity contribution < 1.29 is 34.6 Å². The van der Waals surface area contributed by atoms with Crippen molar-refractivity contribution in [3.8, 4) is 11.5 Å². The third kappa shape index (κ3) is 4.46. The number of aliphatic hydroxyl groups is 4. The molecule has 174 valence electrons. The summed E-state index contributed by atoms with van der Waals surface area (Å²) < 4.78 is 17.3. The van der Waals surface area contributed by atoms with Crippen LogP contribution >= 0.6 is 11.6 Å². The maximum Gasteiger partial charge on any atom is 0.141 e. The number of hydrogen-bond acceptors (Lipinski definition) is 7. The standard InChI is InChI=1S/C24H29ClO7/c1-12(2)31-15-5-3-13(4-6-15)9-14-10-17(16-7-8-30-23(16)19(14)25)24-22(29)21(28)20(27)18(11-26)32-24/h3-6,10,12,18,20-22,24,26-29H,7-9,11H2,1-2H3/t18-,20-,21+,22-,24+/m1/s1. The quantitative estimate of drug-likeness (QED) is 0.518. The minimum Gasteiger partial charge on any atom is -0.491 e. The van der Waals surface area contributed by atoms with Crippen molar-refractivity contribution in [1.82, 2.24) is 0 Å². The average molecular weight is 465 g/mol. The highest BCUT2D eigenvalue weighted by Gasteiger charge is 2.45. The highest BCUT2D eigenvalue weighted by Crippen LogP contribution is 2.44. The van der Waals surface area contributed by atoms with E-state index in [0.29, 0.717) is 35.8 Å². The molecule has 2 aromatic carbocycles. The fourth-order valence-electron chi connectivity index (χ4n) is 4.33. The number of rotatable bonds is 6. The summed E-state index contributed by atoms with van der Waals surface area (Å²) >= 11 is 6.68. The van der Waals surface area contributed by atoms with Gasteiger partial charge < -0.3 is 34.6 Å². The van der Waals surface area contributed by atoms with Gasteiger partial charge in [0.25, 0.3) is 0 Å². The zero-order valence-electron chi connectivity index (χ0n) is 18.1. The molecule has 4 N–H and O–H groups in total. The highest BCUT2D eigenvalue weighted by atomic mass is 35.5. The van der Waals surface area contributed by atoms with E-state index < -0.39 is 37.1 Å². The van der Waals surface area contributed by atoms with Gasteiger partial charge in [-0.25, -0.2) is 0 Å². The Hall–Kier alpha value is -1.87. The number of aliphatic hydroxyl groups excluding tert-OH is 4. The molecule has 2 aromatic rings. The minimum atomic E-state index is -1.45. The summed E-state index contributed by atoms with van der Waals surface area (Å²) in [6, 6.07) is 9.61. The van der Waals surface area contributed by atoms with Gasteiger partial charge in [-0.3, -0.25) is 0 Å². The molecule has 7 nitrogen and oxygen atoms in total. The second-order valence-electron chi connectivity index (χ2n) is 8.58. The Kier molecular flexibility index (Phi) is 6.95. The van der Waals surface area contributed by atoms with Gasteiger partial charge in [0, 0.05) is 12.0 Å². The van der Waals surface area contributed by atoms with E-state index in [2.05, 4.69) is 0 Å². The Balaban J connectivity index is 1.68. The molecule has 1 fully saturated rings. The van der Waals surface area contributed by atoms with Crippen molar-refractivity contribution >= 4 is 11.6 Å². The first-order valence-electron chi connectivity index (χ1n) is 10.8. The molecular formula is C24H29ClO7. The van der Waals surface area contributed by atoms with E-state index in [1.54, 1.807) is 0 Å². The van der Waals surface area contributed by atoms with Crippen LogP contribution in [0.3, 0.4) is 0 Å². The van der Waals surface area contributed by atoms with E-state index in [4.69, 9.17) is 25.8 Å². The van der Waals surface area contributed by atoms with Crippen LogP contribution in [-0.2, 0) is 17.6 Å². The Morgan fingerprint density at radius 2 is 1.81 bits per heavy atom. The SMILES string of the molecule is CC(C)Oc1ccc(Cc2cc([C@@H]3O[C@H](CO)[C@@H](O)[C@H](O)[C@H]3O)c3c(c2Cl)OCC3)cc1. The lowest BCUT2D eigenvalue weighted by molar-refractivity contribution is -0.231. The van der Waals surface area contributed by atoms with E-state index in [0.717, 1.165) is 22.4 Å². The molecule has 0 spiro atoms. The fraction of sp³-hybridized carbons (Fsp3) is 0.500. The van der Waals surface area contributed by atoms with Gasteiger partial charge in [0.05, 0.1) is 24.3 Å². The number of fused-ring (bicyclic) bond motifs is 1. The van der Waals surface area contributed by atoms with Gasteiger partial charge in [0.1, 0.15) is 42.0 Å². The van der Waals surface area contributed by atoms with Gasteiger partial charge in [-0.15, -0.1) is 0 Å². The molecule has 0 bridgehead atoms. The summed E-state index contributed by atoms with van der Waals surface area (Å²) in [5, 5.41) is 41.1. The Bertz CT molecular complexity index is 944. The summed E-state index contributed by atoms with van der Waals surface area (Å²) in [4.78, 5) is 0. The van der Waals surface area contributed by atoms with E-state index in [1.807, 2.05) is 44.2 Å². The molecule has 0 radical (unpaired) electrons. The lowest BCUT2D eigenvalue weighted by Gasteiger charge is -2.40. The van der Waals surface area contributed by atoms with E-state index in [9.17, 15) is 20.4 Å². The molecule has 2 aliphatic heterocycles. The Labute approximate surface area is 192 Å². The first kappa shape index (κ1) is 23.3. The van der Waals surface area contributed by atoms with Crippen molar-refractivity contribution in [3.63, 3.8) is 0 Å². The summed E-state index contributed by atoms with van der Waals surface area (Å²) in [6.07, 6.45) is -4.94. The van der Waals surface area contributed by atoms with Crippen LogP contribution in [0.25, 0.3) is 0 Å². The first-order valence-corrected chi connectivity index (χ1v) is 11.2. The van der Waals surface area contributed by atoms with Gasteiger partial charge in [0.2, 0.25) is 0 Å². The van der Waals surface area contributed by atoms with Crippen molar-refractivity contribution in [2.75, 3.05) is 13.2 Å². The summed E-state index contributed by atoms with van der Waals surface area (Å²) in [7, 11) is 0. The molecule has 8 heteroatoms. The van der Waals surface area contributed by atoms with Crippen LogP contribution < -0.4 is 9.47 Å². The van der Waals surface area contributed by atoms with Crippen LogP contribution in [0.15, 0.2) is 30.3 Å². The fourth-order valence-corrected chi connectivity index (χ4v) is 4.62. The molecule has 0 unspecified atom stereocenters. The molecular weight excluding hydrogens is 436 g/mol. The summed E-state index contributed by atoms with van der Waals surface area (Å²) in [5.74, 6) is 1.34.